The first-order valence-corrected chi connectivity index (χ1v) is 14.5. The van der Waals surface area contributed by atoms with E-state index in [2.05, 4.69) is 33.4 Å². The number of fused-ring (bicyclic) bond motifs is 2. The molecule has 2 N–H and O–H groups in total. The second-order valence-electron chi connectivity index (χ2n) is 11.0. The summed E-state index contributed by atoms with van der Waals surface area (Å²) in [5.41, 5.74) is 6.67. The van der Waals surface area contributed by atoms with Gasteiger partial charge in [-0.15, -0.1) is 0 Å². The van der Waals surface area contributed by atoms with Gasteiger partial charge in [0, 0.05) is 42.5 Å². The van der Waals surface area contributed by atoms with Crippen molar-refractivity contribution in [1.82, 2.24) is 24.8 Å². The van der Waals surface area contributed by atoms with Crippen molar-refractivity contribution in [3.8, 4) is 17.3 Å². The van der Waals surface area contributed by atoms with E-state index in [1.807, 2.05) is 31.2 Å². The number of carbonyl (C=O) groups is 1. The number of benzene rings is 2. The summed E-state index contributed by atoms with van der Waals surface area (Å²) in [6.45, 7) is 8.42. The van der Waals surface area contributed by atoms with Crippen molar-refractivity contribution in [2.24, 2.45) is 0 Å². The maximum atomic E-state index is 16.7. The summed E-state index contributed by atoms with van der Waals surface area (Å²) in [5, 5.41) is 2.17. The van der Waals surface area contributed by atoms with Gasteiger partial charge in [0.15, 0.2) is 5.82 Å². The number of nitrogens with two attached hydrogens (primary N) is 1. The fraction of sp³-hybridized carbons (Fsp3) is 0.355. The molecule has 4 heterocycles. The number of likely N-dealkylation sites (tertiary alicyclic amines) is 1. The highest BCUT2D eigenvalue weighted by Gasteiger charge is 2.31. The van der Waals surface area contributed by atoms with E-state index in [4.69, 9.17) is 27.1 Å². The van der Waals surface area contributed by atoms with Gasteiger partial charge in [-0.05, 0) is 57.0 Å². The molecule has 2 fully saturated rings. The quantitative estimate of drug-likeness (QED) is 0.317. The number of nitrogens with zero attached hydrogens (tertiary/aromatic N) is 6. The Bertz CT molecular complexity index is 1700. The van der Waals surface area contributed by atoms with E-state index in [-0.39, 0.29) is 45.9 Å². The summed E-state index contributed by atoms with van der Waals surface area (Å²) in [6, 6.07) is 11.1. The Morgan fingerprint density at radius 3 is 2.74 bits per heavy atom. The monoisotopic (exact) mass is 589 g/mol. The van der Waals surface area contributed by atoms with Crippen LogP contribution in [0.3, 0.4) is 0 Å². The number of nitrogen functional groups attached to an aromatic ring is 1. The fourth-order valence-corrected chi connectivity index (χ4v) is 6.31. The maximum Gasteiger partial charge on any atom is 0.319 e. The van der Waals surface area contributed by atoms with Crippen LogP contribution >= 0.6 is 11.6 Å². The lowest BCUT2D eigenvalue weighted by Crippen LogP contribution is -2.53. The molecule has 9 nitrogen and oxygen atoms in total. The number of aromatic nitrogens is 3. The molecule has 218 valence electrons. The predicted molar refractivity (Wildman–Crippen MR) is 164 cm³/mol. The van der Waals surface area contributed by atoms with Crippen molar-refractivity contribution < 1.29 is 13.9 Å². The molecule has 2 atom stereocenters. The number of likely N-dealkylation sites (N-methyl/N-ethyl adjacent to an activating group) is 1. The van der Waals surface area contributed by atoms with E-state index >= 15 is 4.39 Å². The highest BCUT2D eigenvalue weighted by atomic mass is 35.5. The fourth-order valence-electron chi connectivity index (χ4n) is 6.03. The first-order chi connectivity index (χ1) is 20.2. The van der Waals surface area contributed by atoms with Gasteiger partial charge in [0.1, 0.15) is 23.8 Å². The number of hydrogen-bond donors (Lipinski definition) is 1. The Labute approximate surface area is 248 Å². The smallest absolute Gasteiger partial charge is 0.319 e. The minimum atomic E-state index is -0.625. The van der Waals surface area contributed by atoms with Crippen LogP contribution in [0.15, 0.2) is 49.1 Å². The Morgan fingerprint density at radius 2 is 2.00 bits per heavy atom. The molecule has 2 unspecified atom stereocenters. The Balaban J connectivity index is 1.49. The molecule has 1 amide bonds. The van der Waals surface area contributed by atoms with Gasteiger partial charge in [-0.25, -0.2) is 9.37 Å². The van der Waals surface area contributed by atoms with Crippen molar-refractivity contribution in [2.75, 3.05) is 50.5 Å². The summed E-state index contributed by atoms with van der Waals surface area (Å²) in [6.07, 6.45) is 3.42. The van der Waals surface area contributed by atoms with E-state index in [1.165, 1.54) is 6.08 Å². The van der Waals surface area contributed by atoms with E-state index in [9.17, 15) is 4.79 Å². The molecular weight excluding hydrogens is 557 g/mol. The Hall–Kier alpha value is -4.02. The molecule has 42 heavy (non-hydrogen) atoms. The molecule has 0 radical (unpaired) electrons. The highest BCUT2D eigenvalue weighted by molar-refractivity contribution is 6.34. The third-order valence-electron chi connectivity index (χ3n) is 8.30. The SMILES string of the molecule is C=CC(=O)N1CCN(c2nc(OCC3CCCN3C)nc3c(F)c(-c4nc(N)cc5ccccc45)c(Cl)cc23)C(C)C1. The summed E-state index contributed by atoms with van der Waals surface area (Å²) in [5.74, 6) is 0.0125. The zero-order chi connectivity index (χ0) is 29.5. The average Bonchev–Trinajstić information content (AvgIpc) is 3.39. The van der Waals surface area contributed by atoms with Gasteiger partial charge >= 0.3 is 6.01 Å². The standard InChI is InChI=1S/C31H33ClFN7O2/c1-4-25(41)39-12-13-40(18(2)16-39)30-22-15-23(32)26(28-21-10-6-5-8-19(21)14-24(34)35-28)27(33)29(22)36-31(37-30)42-17-20-9-7-11-38(20)3/h4-6,8,10,14-15,18,20H,1,7,9,11-13,16-17H2,2-3H3,(H2,34,35). The van der Waals surface area contributed by atoms with Gasteiger partial charge < -0.3 is 25.2 Å². The van der Waals surface area contributed by atoms with Crippen molar-refractivity contribution >= 4 is 50.8 Å². The van der Waals surface area contributed by atoms with Crippen LogP contribution in [0.1, 0.15) is 19.8 Å². The third-order valence-corrected chi connectivity index (χ3v) is 8.60. The summed E-state index contributed by atoms with van der Waals surface area (Å²) in [7, 11) is 2.07. The topological polar surface area (TPSA) is 101 Å². The number of halogens is 2. The van der Waals surface area contributed by atoms with Gasteiger partial charge in [-0.3, -0.25) is 4.79 Å². The van der Waals surface area contributed by atoms with Crippen LogP contribution in [0.25, 0.3) is 32.9 Å². The number of anilines is 2. The summed E-state index contributed by atoms with van der Waals surface area (Å²) < 4.78 is 22.8. The normalized spacial score (nSPS) is 19.5. The van der Waals surface area contributed by atoms with E-state index in [0.717, 1.165) is 30.2 Å². The highest BCUT2D eigenvalue weighted by Crippen LogP contribution is 2.41. The van der Waals surface area contributed by atoms with Crippen LogP contribution in [0.5, 0.6) is 6.01 Å². The molecule has 11 heteroatoms. The summed E-state index contributed by atoms with van der Waals surface area (Å²) in [4.78, 5) is 32.2. The van der Waals surface area contributed by atoms with Gasteiger partial charge in [0.25, 0.3) is 0 Å². The van der Waals surface area contributed by atoms with E-state index in [0.29, 0.717) is 43.1 Å². The third kappa shape index (κ3) is 5.09. The number of ether oxygens (including phenoxy) is 1. The molecular formula is C31H33ClFN7O2. The molecule has 0 saturated carbocycles. The average molecular weight is 590 g/mol. The van der Waals surface area contributed by atoms with Crippen LogP contribution in [0, 0.1) is 5.82 Å². The Morgan fingerprint density at radius 1 is 1.19 bits per heavy atom. The van der Waals surface area contributed by atoms with Gasteiger partial charge in [-0.2, -0.15) is 9.97 Å². The van der Waals surface area contributed by atoms with Crippen LogP contribution in [0.2, 0.25) is 5.02 Å². The first-order valence-electron chi connectivity index (χ1n) is 14.1. The van der Waals surface area contributed by atoms with E-state index < -0.39 is 5.82 Å². The Kier molecular flexibility index (Phi) is 7.59. The number of amides is 1. The van der Waals surface area contributed by atoms with Gasteiger partial charge in [-0.1, -0.05) is 42.4 Å². The number of carbonyl (C=O) groups excluding carboxylic acids is 1. The zero-order valence-electron chi connectivity index (χ0n) is 23.7. The lowest BCUT2D eigenvalue weighted by atomic mass is 10.0. The summed E-state index contributed by atoms with van der Waals surface area (Å²) >= 11 is 6.83. The molecule has 4 aromatic rings. The largest absolute Gasteiger partial charge is 0.462 e. The van der Waals surface area contributed by atoms with Crippen LogP contribution in [0.4, 0.5) is 16.0 Å². The number of hydrogen-bond acceptors (Lipinski definition) is 8. The second kappa shape index (κ2) is 11.3. The predicted octanol–water partition coefficient (Wildman–Crippen LogP) is 4.92. The maximum absolute atomic E-state index is 16.7. The molecule has 2 aliphatic heterocycles. The minimum Gasteiger partial charge on any atom is -0.462 e. The minimum absolute atomic E-state index is 0.0827. The molecule has 2 saturated heterocycles. The lowest BCUT2D eigenvalue weighted by Gasteiger charge is -2.40. The molecule has 0 aliphatic carbocycles. The molecule has 2 aromatic carbocycles. The lowest BCUT2D eigenvalue weighted by molar-refractivity contribution is -0.126. The number of rotatable bonds is 6. The molecule has 2 aliphatic rings. The number of pyridine rings is 1. The molecule has 0 bridgehead atoms. The van der Waals surface area contributed by atoms with Crippen molar-refractivity contribution in [3.05, 3.63) is 59.9 Å². The number of piperazine rings is 1. The second-order valence-corrected chi connectivity index (χ2v) is 11.4. The van der Waals surface area contributed by atoms with E-state index in [1.54, 1.807) is 17.0 Å². The van der Waals surface area contributed by atoms with Crippen molar-refractivity contribution in [2.45, 2.75) is 31.8 Å². The molecule has 0 spiro atoms. The van der Waals surface area contributed by atoms with Gasteiger partial charge in [0.05, 0.1) is 16.3 Å². The van der Waals surface area contributed by atoms with Crippen LogP contribution in [-0.2, 0) is 4.79 Å². The zero-order valence-corrected chi connectivity index (χ0v) is 24.4. The van der Waals surface area contributed by atoms with Crippen LogP contribution in [-0.4, -0.2) is 82.6 Å². The van der Waals surface area contributed by atoms with Crippen molar-refractivity contribution in [1.29, 1.82) is 0 Å². The molecule has 2 aromatic heterocycles. The van der Waals surface area contributed by atoms with Gasteiger partial charge in [0.2, 0.25) is 5.91 Å². The van der Waals surface area contributed by atoms with Crippen molar-refractivity contribution in [3.63, 3.8) is 0 Å². The first kappa shape index (κ1) is 28.1. The van der Waals surface area contributed by atoms with Crippen LogP contribution < -0.4 is 15.4 Å². The molecule has 6 rings (SSSR count).